The SMILES string of the molecule is CC.CCc1cccc(N2CCNCC2Cc2ccccc2)c1. The van der Waals surface area contributed by atoms with Gasteiger partial charge in [-0.25, -0.2) is 0 Å². The number of hydrogen-bond acceptors (Lipinski definition) is 2. The van der Waals surface area contributed by atoms with Crippen LogP contribution >= 0.6 is 0 Å². The van der Waals surface area contributed by atoms with Crippen molar-refractivity contribution in [3.05, 3.63) is 65.7 Å². The smallest absolute Gasteiger partial charge is 0.0455 e. The van der Waals surface area contributed by atoms with Crippen LogP contribution in [0.1, 0.15) is 31.9 Å². The Labute approximate surface area is 141 Å². The van der Waals surface area contributed by atoms with E-state index in [4.69, 9.17) is 0 Å². The summed E-state index contributed by atoms with van der Waals surface area (Å²) in [5.74, 6) is 0. The van der Waals surface area contributed by atoms with Crippen molar-refractivity contribution in [3.63, 3.8) is 0 Å². The maximum absolute atomic E-state index is 3.54. The molecule has 124 valence electrons. The summed E-state index contributed by atoms with van der Waals surface area (Å²) in [5, 5.41) is 3.54. The highest BCUT2D eigenvalue weighted by Gasteiger charge is 2.22. The van der Waals surface area contributed by atoms with Crippen molar-refractivity contribution in [2.75, 3.05) is 24.5 Å². The molecule has 0 aliphatic carbocycles. The van der Waals surface area contributed by atoms with E-state index in [9.17, 15) is 0 Å². The van der Waals surface area contributed by atoms with E-state index in [1.165, 1.54) is 16.8 Å². The molecule has 0 radical (unpaired) electrons. The highest BCUT2D eigenvalue weighted by molar-refractivity contribution is 5.50. The van der Waals surface area contributed by atoms with Gasteiger partial charge in [0.25, 0.3) is 0 Å². The van der Waals surface area contributed by atoms with Gasteiger partial charge >= 0.3 is 0 Å². The Kier molecular flexibility index (Phi) is 7.15. The molecule has 2 heteroatoms. The predicted octanol–water partition coefficient (Wildman–Crippen LogP) is 4.30. The van der Waals surface area contributed by atoms with E-state index >= 15 is 0 Å². The fourth-order valence-corrected chi connectivity index (χ4v) is 3.12. The Bertz CT molecular complexity index is 565. The van der Waals surface area contributed by atoms with Crippen molar-refractivity contribution in [1.82, 2.24) is 5.32 Å². The first-order chi connectivity index (χ1) is 11.4. The summed E-state index contributed by atoms with van der Waals surface area (Å²) in [6.45, 7) is 9.44. The second kappa shape index (κ2) is 9.36. The maximum Gasteiger partial charge on any atom is 0.0455 e. The average Bonchev–Trinajstić information content (AvgIpc) is 2.65. The lowest BCUT2D eigenvalue weighted by molar-refractivity contribution is 0.473. The standard InChI is InChI=1S/C19H24N2.C2H6/c1-2-16-9-6-10-18(13-16)21-12-11-20-15-19(21)14-17-7-4-3-5-8-17;1-2/h3-10,13,19-20H,2,11-12,14-15H2,1H3;1-2H3. The highest BCUT2D eigenvalue weighted by Crippen LogP contribution is 2.22. The maximum atomic E-state index is 3.54. The minimum atomic E-state index is 0.535. The van der Waals surface area contributed by atoms with Crippen LogP contribution in [0.3, 0.4) is 0 Å². The molecule has 2 nitrogen and oxygen atoms in total. The molecule has 23 heavy (non-hydrogen) atoms. The van der Waals surface area contributed by atoms with Crippen LogP contribution in [0.2, 0.25) is 0 Å². The van der Waals surface area contributed by atoms with Crippen LogP contribution in [0.4, 0.5) is 5.69 Å². The number of piperazine rings is 1. The van der Waals surface area contributed by atoms with Gasteiger partial charge in [0, 0.05) is 31.4 Å². The minimum Gasteiger partial charge on any atom is -0.366 e. The van der Waals surface area contributed by atoms with Crippen molar-refractivity contribution in [1.29, 1.82) is 0 Å². The zero-order valence-electron chi connectivity index (χ0n) is 14.8. The number of benzene rings is 2. The first-order valence-corrected chi connectivity index (χ1v) is 8.97. The van der Waals surface area contributed by atoms with E-state index in [2.05, 4.69) is 71.7 Å². The summed E-state index contributed by atoms with van der Waals surface area (Å²) >= 11 is 0. The third-order valence-corrected chi connectivity index (χ3v) is 4.31. The van der Waals surface area contributed by atoms with Crippen molar-refractivity contribution >= 4 is 5.69 Å². The van der Waals surface area contributed by atoms with E-state index in [-0.39, 0.29) is 0 Å². The number of nitrogens with one attached hydrogen (secondary N) is 1. The Balaban J connectivity index is 0.000000924. The van der Waals surface area contributed by atoms with Crippen molar-refractivity contribution in [3.8, 4) is 0 Å². The molecule has 0 saturated carbocycles. The van der Waals surface area contributed by atoms with Crippen LogP contribution in [0.15, 0.2) is 54.6 Å². The van der Waals surface area contributed by atoms with Crippen LogP contribution in [0.25, 0.3) is 0 Å². The molecule has 1 saturated heterocycles. The molecule has 0 spiro atoms. The Morgan fingerprint density at radius 1 is 1.00 bits per heavy atom. The molecule has 1 N–H and O–H groups in total. The number of hydrogen-bond donors (Lipinski definition) is 1. The van der Waals surface area contributed by atoms with E-state index in [0.717, 1.165) is 32.5 Å². The van der Waals surface area contributed by atoms with Gasteiger partial charge < -0.3 is 10.2 Å². The van der Waals surface area contributed by atoms with Gasteiger partial charge in [-0.05, 0) is 36.1 Å². The lowest BCUT2D eigenvalue weighted by Gasteiger charge is -2.38. The largest absolute Gasteiger partial charge is 0.366 e. The Morgan fingerprint density at radius 3 is 2.48 bits per heavy atom. The van der Waals surface area contributed by atoms with Crippen molar-refractivity contribution in [2.45, 2.75) is 39.7 Å². The molecular weight excluding hydrogens is 280 g/mol. The molecule has 3 rings (SSSR count). The van der Waals surface area contributed by atoms with Gasteiger partial charge in [-0.15, -0.1) is 0 Å². The van der Waals surface area contributed by atoms with Gasteiger partial charge in [0.15, 0.2) is 0 Å². The van der Waals surface area contributed by atoms with Crippen LogP contribution < -0.4 is 10.2 Å². The van der Waals surface area contributed by atoms with Gasteiger partial charge in [0.2, 0.25) is 0 Å². The van der Waals surface area contributed by atoms with Crippen LogP contribution in [0.5, 0.6) is 0 Å². The minimum absolute atomic E-state index is 0.535. The molecule has 1 aliphatic heterocycles. The van der Waals surface area contributed by atoms with Crippen molar-refractivity contribution in [2.24, 2.45) is 0 Å². The third-order valence-electron chi connectivity index (χ3n) is 4.31. The molecule has 1 fully saturated rings. The van der Waals surface area contributed by atoms with Crippen LogP contribution in [-0.4, -0.2) is 25.7 Å². The van der Waals surface area contributed by atoms with E-state index in [1.54, 1.807) is 0 Å². The summed E-state index contributed by atoms with van der Waals surface area (Å²) in [6, 6.07) is 20.4. The molecule has 2 aromatic rings. The lowest BCUT2D eigenvalue weighted by atomic mass is 10.0. The second-order valence-electron chi connectivity index (χ2n) is 5.76. The number of nitrogens with zero attached hydrogens (tertiary/aromatic N) is 1. The van der Waals surface area contributed by atoms with Gasteiger partial charge in [0.05, 0.1) is 0 Å². The van der Waals surface area contributed by atoms with E-state index in [1.807, 2.05) is 13.8 Å². The highest BCUT2D eigenvalue weighted by atomic mass is 15.2. The fourth-order valence-electron chi connectivity index (χ4n) is 3.12. The number of anilines is 1. The number of aryl methyl sites for hydroxylation is 1. The van der Waals surface area contributed by atoms with E-state index < -0.39 is 0 Å². The zero-order chi connectivity index (χ0) is 16.5. The van der Waals surface area contributed by atoms with E-state index in [0.29, 0.717) is 6.04 Å². The van der Waals surface area contributed by atoms with Crippen molar-refractivity contribution < 1.29 is 0 Å². The van der Waals surface area contributed by atoms with Gasteiger partial charge in [-0.2, -0.15) is 0 Å². The molecule has 2 aromatic carbocycles. The monoisotopic (exact) mass is 310 g/mol. The Hall–Kier alpha value is -1.80. The van der Waals surface area contributed by atoms with Crippen LogP contribution in [0, 0.1) is 0 Å². The molecule has 0 bridgehead atoms. The molecule has 1 unspecified atom stereocenters. The molecular formula is C21H30N2. The summed E-state index contributed by atoms with van der Waals surface area (Å²) < 4.78 is 0. The summed E-state index contributed by atoms with van der Waals surface area (Å²) in [4.78, 5) is 2.57. The second-order valence-corrected chi connectivity index (χ2v) is 5.76. The van der Waals surface area contributed by atoms with Gasteiger partial charge in [0.1, 0.15) is 0 Å². The van der Waals surface area contributed by atoms with Gasteiger partial charge in [-0.3, -0.25) is 0 Å². The topological polar surface area (TPSA) is 15.3 Å². The molecule has 0 aromatic heterocycles. The van der Waals surface area contributed by atoms with Gasteiger partial charge in [-0.1, -0.05) is 63.2 Å². The fraction of sp³-hybridized carbons (Fsp3) is 0.429. The summed E-state index contributed by atoms with van der Waals surface area (Å²) in [6.07, 6.45) is 2.20. The number of rotatable bonds is 4. The predicted molar refractivity (Wildman–Crippen MR) is 101 cm³/mol. The normalized spacial score (nSPS) is 17.3. The first kappa shape index (κ1) is 17.6. The van der Waals surface area contributed by atoms with Crippen LogP contribution in [-0.2, 0) is 12.8 Å². The quantitative estimate of drug-likeness (QED) is 0.906. The average molecular weight is 310 g/mol. The molecule has 0 amide bonds. The first-order valence-electron chi connectivity index (χ1n) is 8.97. The summed E-state index contributed by atoms with van der Waals surface area (Å²) in [5.41, 5.74) is 4.21. The third kappa shape index (κ3) is 4.84. The zero-order valence-corrected chi connectivity index (χ0v) is 14.8. The summed E-state index contributed by atoms with van der Waals surface area (Å²) in [7, 11) is 0. The molecule has 1 aliphatic rings. The lowest BCUT2D eigenvalue weighted by Crippen LogP contribution is -2.52. The Morgan fingerprint density at radius 2 is 1.74 bits per heavy atom. The molecule has 1 heterocycles. The molecule has 1 atom stereocenters.